The van der Waals surface area contributed by atoms with Crippen LogP contribution in [0.2, 0.25) is 0 Å². The molecule has 0 aliphatic heterocycles. The van der Waals surface area contributed by atoms with E-state index in [4.69, 9.17) is 4.42 Å². The number of aryl methyl sites for hydroxylation is 1. The number of nitrogens with one attached hydrogen (secondary N) is 1. The minimum absolute atomic E-state index is 0.737. The molecular weight excluding hydrogens is 262 g/mol. The van der Waals surface area contributed by atoms with Crippen molar-refractivity contribution in [3.8, 4) is 0 Å². The number of para-hydroxylation sites is 1. The Morgan fingerprint density at radius 1 is 1.29 bits per heavy atom. The highest BCUT2D eigenvalue weighted by atomic mass is 16.3. The van der Waals surface area contributed by atoms with Gasteiger partial charge in [0.1, 0.15) is 17.2 Å². The van der Waals surface area contributed by atoms with Crippen molar-refractivity contribution in [3.05, 3.63) is 53.8 Å². The van der Waals surface area contributed by atoms with E-state index < -0.39 is 0 Å². The summed E-state index contributed by atoms with van der Waals surface area (Å²) in [6.45, 7) is 3.72. The minimum atomic E-state index is 0.737. The number of benzene rings is 1. The maximum atomic E-state index is 6.07. The van der Waals surface area contributed by atoms with Gasteiger partial charge >= 0.3 is 0 Å². The molecule has 3 rings (SSSR count). The second kappa shape index (κ2) is 6.14. The molecule has 110 valence electrons. The molecule has 4 heteroatoms. The minimum Gasteiger partial charge on any atom is -0.459 e. The fraction of sp³-hybridized carbons (Fsp3) is 0.353. The zero-order valence-electron chi connectivity index (χ0n) is 12.6. The monoisotopic (exact) mass is 283 g/mol. The Morgan fingerprint density at radius 3 is 2.95 bits per heavy atom. The molecule has 1 N–H and O–H groups in total. The van der Waals surface area contributed by atoms with Gasteiger partial charge in [-0.2, -0.15) is 0 Å². The van der Waals surface area contributed by atoms with E-state index in [9.17, 15) is 0 Å². The van der Waals surface area contributed by atoms with Gasteiger partial charge in [-0.25, -0.2) is 4.98 Å². The van der Waals surface area contributed by atoms with Crippen LogP contribution in [0.1, 0.15) is 30.5 Å². The first-order valence-electron chi connectivity index (χ1n) is 7.47. The van der Waals surface area contributed by atoms with Crippen LogP contribution in [0.3, 0.4) is 0 Å². The Hall–Kier alpha value is -2.07. The van der Waals surface area contributed by atoms with E-state index in [1.807, 2.05) is 31.6 Å². The standard InChI is InChI=1S/C17H21N3O/c1-3-6-17-19-9-10-20(17)12-16-14(11-18-2)13-7-4-5-8-15(13)21-16/h4-5,7-10,18H,3,6,11-12H2,1-2H3. The third-order valence-corrected chi connectivity index (χ3v) is 3.72. The molecule has 3 aromatic rings. The molecule has 0 atom stereocenters. The second-order valence-electron chi connectivity index (χ2n) is 5.25. The number of nitrogens with zero attached hydrogens (tertiary/aromatic N) is 2. The Morgan fingerprint density at radius 2 is 2.14 bits per heavy atom. The van der Waals surface area contributed by atoms with E-state index in [1.54, 1.807) is 0 Å². The molecule has 21 heavy (non-hydrogen) atoms. The quantitative estimate of drug-likeness (QED) is 0.754. The number of aromatic nitrogens is 2. The van der Waals surface area contributed by atoms with Gasteiger partial charge in [0.2, 0.25) is 0 Å². The smallest absolute Gasteiger partial charge is 0.134 e. The highest BCUT2D eigenvalue weighted by Gasteiger charge is 2.14. The highest BCUT2D eigenvalue weighted by Crippen LogP contribution is 2.26. The van der Waals surface area contributed by atoms with Crippen LogP contribution in [0.25, 0.3) is 11.0 Å². The van der Waals surface area contributed by atoms with Crippen molar-refractivity contribution in [2.24, 2.45) is 0 Å². The van der Waals surface area contributed by atoms with Gasteiger partial charge in [0, 0.05) is 36.3 Å². The molecule has 2 heterocycles. The van der Waals surface area contributed by atoms with Crippen molar-refractivity contribution in [2.45, 2.75) is 32.9 Å². The predicted octanol–water partition coefficient (Wildman–Crippen LogP) is 3.35. The van der Waals surface area contributed by atoms with E-state index in [0.717, 1.165) is 43.1 Å². The zero-order valence-corrected chi connectivity index (χ0v) is 12.6. The number of imidazole rings is 1. The van der Waals surface area contributed by atoms with Crippen molar-refractivity contribution in [1.82, 2.24) is 14.9 Å². The lowest BCUT2D eigenvalue weighted by molar-refractivity contribution is 0.512. The third kappa shape index (κ3) is 2.72. The Bertz CT molecular complexity index is 727. The highest BCUT2D eigenvalue weighted by molar-refractivity contribution is 5.82. The van der Waals surface area contributed by atoms with Crippen LogP contribution in [-0.2, 0) is 19.5 Å². The maximum absolute atomic E-state index is 6.07. The summed E-state index contributed by atoms with van der Waals surface area (Å²) < 4.78 is 8.25. The second-order valence-corrected chi connectivity index (χ2v) is 5.25. The molecule has 1 aromatic carbocycles. The van der Waals surface area contributed by atoms with Gasteiger partial charge in [-0.3, -0.25) is 0 Å². The van der Waals surface area contributed by atoms with Gasteiger partial charge in [-0.05, 0) is 19.5 Å². The van der Waals surface area contributed by atoms with Gasteiger partial charge in [-0.1, -0.05) is 25.1 Å². The van der Waals surface area contributed by atoms with Crippen LogP contribution in [0.5, 0.6) is 0 Å². The van der Waals surface area contributed by atoms with Crippen LogP contribution in [0.4, 0.5) is 0 Å². The summed E-state index contributed by atoms with van der Waals surface area (Å²) in [6.07, 6.45) is 5.99. The van der Waals surface area contributed by atoms with Gasteiger partial charge in [0.15, 0.2) is 0 Å². The van der Waals surface area contributed by atoms with Gasteiger partial charge in [0.25, 0.3) is 0 Å². The predicted molar refractivity (Wildman–Crippen MR) is 84.3 cm³/mol. The number of hydrogen-bond donors (Lipinski definition) is 1. The van der Waals surface area contributed by atoms with Crippen LogP contribution in [-0.4, -0.2) is 16.6 Å². The fourth-order valence-electron chi connectivity index (χ4n) is 2.74. The molecule has 4 nitrogen and oxygen atoms in total. The molecule has 0 fully saturated rings. The van der Waals surface area contributed by atoms with E-state index >= 15 is 0 Å². The zero-order chi connectivity index (χ0) is 14.7. The molecule has 0 bridgehead atoms. The Labute approximate surface area is 124 Å². The molecule has 0 spiro atoms. The summed E-state index contributed by atoms with van der Waals surface area (Å²) in [7, 11) is 1.96. The summed E-state index contributed by atoms with van der Waals surface area (Å²) >= 11 is 0. The third-order valence-electron chi connectivity index (χ3n) is 3.72. The first-order chi connectivity index (χ1) is 10.3. The van der Waals surface area contributed by atoms with E-state index in [1.165, 1.54) is 10.9 Å². The first-order valence-corrected chi connectivity index (χ1v) is 7.47. The molecule has 0 amide bonds. The van der Waals surface area contributed by atoms with Crippen molar-refractivity contribution in [3.63, 3.8) is 0 Å². The first kappa shape index (κ1) is 13.9. The van der Waals surface area contributed by atoms with E-state index in [2.05, 4.69) is 33.9 Å². The lowest BCUT2D eigenvalue weighted by Gasteiger charge is -2.07. The fourth-order valence-corrected chi connectivity index (χ4v) is 2.74. The number of rotatable bonds is 6. The SMILES string of the molecule is CCCc1nccn1Cc1oc2ccccc2c1CNC. The molecule has 0 saturated carbocycles. The average Bonchev–Trinajstić information content (AvgIpc) is 3.06. The molecule has 0 unspecified atom stereocenters. The van der Waals surface area contributed by atoms with E-state index in [-0.39, 0.29) is 0 Å². The van der Waals surface area contributed by atoms with Crippen molar-refractivity contribution < 1.29 is 4.42 Å². The summed E-state index contributed by atoms with van der Waals surface area (Å²) in [5, 5.41) is 4.43. The number of hydrogen-bond acceptors (Lipinski definition) is 3. The maximum Gasteiger partial charge on any atom is 0.134 e. The van der Waals surface area contributed by atoms with Gasteiger partial charge < -0.3 is 14.3 Å². The lowest BCUT2D eigenvalue weighted by Crippen LogP contribution is -2.09. The van der Waals surface area contributed by atoms with Crippen LogP contribution in [0, 0.1) is 0 Å². The Balaban J connectivity index is 1.99. The normalized spacial score (nSPS) is 11.3. The lowest BCUT2D eigenvalue weighted by atomic mass is 10.1. The van der Waals surface area contributed by atoms with Crippen molar-refractivity contribution in [1.29, 1.82) is 0 Å². The van der Waals surface area contributed by atoms with Crippen LogP contribution in [0.15, 0.2) is 41.1 Å². The molecule has 0 radical (unpaired) electrons. The largest absolute Gasteiger partial charge is 0.459 e. The summed E-state index contributed by atoms with van der Waals surface area (Å²) in [4.78, 5) is 4.44. The van der Waals surface area contributed by atoms with Crippen molar-refractivity contribution in [2.75, 3.05) is 7.05 Å². The number of furan rings is 1. The van der Waals surface area contributed by atoms with Crippen LogP contribution < -0.4 is 5.32 Å². The Kier molecular flexibility index (Phi) is 4.06. The molecule has 0 aliphatic rings. The van der Waals surface area contributed by atoms with Crippen LogP contribution >= 0.6 is 0 Å². The summed E-state index contributed by atoms with van der Waals surface area (Å²) in [6, 6.07) is 8.22. The van der Waals surface area contributed by atoms with Crippen molar-refractivity contribution >= 4 is 11.0 Å². The average molecular weight is 283 g/mol. The molecule has 0 saturated heterocycles. The molecular formula is C17H21N3O. The molecule has 2 aromatic heterocycles. The van der Waals surface area contributed by atoms with Gasteiger partial charge in [0.05, 0.1) is 6.54 Å². The summed E-state index contributed by atoms with van der Waals surface area (Å²) in [5.74, 6) is 2.13. The topological polar surface area (TPSA) is 43.0 Å². The molecule has 0 aliphatic carbocycles. The van der Waals surface area contributed by atoms with Gasteiger partial charge in [-0.15, -0.1) is 0 Å². The summed E-state index contributed by atoms with van der Waals surface area (Å²) in [5.41, 5.74) is 2.19. The number of fused-ring (bicyclic) bond motifs is 1. The van der Waals surface area contributed by atoms with E-state index in [0.29, 0.717) is 0 Å².